The Bertz CT molecular complexity index is 422. The fourth-order valence-electron chi connectivity index (χ4n) is 2.24. The van der Waals surface area contributed by atoms with Crippen LogP contribution < -0.4 is 4.72 Å². The molecule has 1 fully saturated rings. The van der Waals surface area contributed by atoms with Crippen molar-refractivity contribution >= 4 is 10.0 Å². The summed E-state index contributed by atoms with van der Waals surface area (Å²) in [6.07, 6.45) is 8.85. The zero-order valence-electron chi connectivity index (χ0n) is 9.85. The van der Waals surface area contributed by atoms with Crippen LogP contribution in [-0.4, -0.2) is 30.2 Å². The first-order chi connectivity index (χ1) is 8.18. The minimum atomic E-state index is -3.13. The van der Waals surface area contributed by atoms with Crippen LogP contribution in [0.5, 0.6) is 0 Å². The summed E-state index contributed by atoms with van der Waals surface area (Å²) >= 11 is 0. The van der Waals surface area contributed by atoms with Crippen molar-refractivity contribution in [3.05, 3.63) is 18.2 Å². The molecule has 0 aliphatic heterocycles. The number of nitrogens with zero attached hydrogens (tertiary/aromatic N) is 1. The number of imidazole rings is 1. The molecule has 6 heteroatoms. The van der Waals surface area contributed by atoms with E-state index >= 15 is 0 Å². The average Bonchev–Trinajstić information content (AvgIpc) is 2.83. The van der Waals surface area contributed by atoms with Crippen LogP contribution in [0.4, 0.5) is 0 Å². The summed E-state index contributed by atoms with van der Waals surface area (Å²) in [6, 6.07) is 0. The molecule has 0 amide bonds. The third-order valence-electron chi connectivity index (χ3n) is 3.21. The summed E-state index contributed by atoms with van der Waals surface area (Å²) in [5.74, 6) is 0.816. The minimum absolute atomic E-state index is 0.187. The van der Waals surface area contributed by atoms with Gasteiger partial charge in [-0.1, -0.05) is 19.3 Å². The molecule has 0 saturated heterocycles. The van der Waals surface area contributed by atoms with Crippen LogP contribution in [0, 0.1) is 0 Å². The number of hydrogen-bond acceptors (Lipinski definition) is 3. The fraction of sp³-hybridized carbons (Fsp3) is 0.727. The fourth-order valence-corrected chi connectivity index (χ4v) is 3.82. The van der Waals surface area contributed by atoms with E-state index in [2.05, 4.69) is 14.7 Å². The molecule has 1 aromatic rings. The molecule has 1 heterocycles. The summed E-state index contributed by atoms with van der Waals surface area (Å²) < 4.78 is 26.6. The largest absolute Gasteiger partial charge is 0.349 e. The Labute approximate surface area is 102 Å². The van der Waals surface area contributed by atoms with E-state index in [1.807, 2.05) is 0 Å². The number of rotatable bonds is 5. The molecule has 2 N–H and O–H groups in total. The van der Waals surface area contributed by atoms with Gasteiger partial charge in [0.15, 0.2) is 0 Å². The molecule has 0 bridgehead atoms. The van der Waals surface area contributed by atoms with Crippen LogP contribution >= 0.6 is 0 Å². The van der Waals surface area contributed by atoms with Gasteiger partial charge in [0.2, 0.25) is 10.0 Å². The Kier molecular flexibility index (Phi) is 4.17. The van der Waals surface area contributed by atoms with Gasteiger partial charge in [-0.25, -0.2) is 18.1 Å². The standard InChI is InChI=1S/C11H19N3O2S/c15-17(16,10-4-2-1-3-5-10)14-7-6-11-12-8-9-13-11/h8-10,14H,1-7H2,(H,12,13). The van der Waals surface area contributed by atoms with Crippen LogP contribution in [0.1, 0.15) is 37.9 Å². The number of nitrogens with one attached hydrogen (secondary N) is 2. The van der Waals surface area contributed by atoms with Crippen molar-refractivity contribution in [1.29, 1.82) is 0 Å². The third kappa shape index (κ3) is 3.54. The van der Waals surface area contributed by atoms with Crippen LogP contribution in [-0.2, 0) is 16.4 Å². The molecule has 0 unspecified atom stereocenters. The van der Waals surface area contributed by atoms with Crippen molar-refractivity contribution in [2.75, 3.05) is 6.54 Å². The molecule has 1 aliphatic rings. The van der Waals surface area contributed by atoms with E-state index < -0.39 is 10.0 Å². The topological polar surface area (TPSA) is 74.8 Å². The molecule has 5 nitrogen and oxygen atoms in total. The van der Waals surface area contributed by atoms with Crippen molar-refractivity contribution in [3.8, 4) is 0 Å². The van der Waals surface area contributed by atoms with Crippen molar-refractivity contribution in [2.24, 2.45) is 0 Å². The summed E-state index contributed by atoms with van der Waals surface area (Å²) in [5.41, 5.74) is 0. The minimum Gasteiger partial charge on any atom is -0.349 e. The zero-order valence-corrected chi connectivity index (χ0v) is 10.7. The van der Waals surface area contributed by atoms with Gasteiger partial charge in [0.25, 0.3) is 0 Å². The second-order valence-electron chi connectivity index (χ2n) is 4.49. The molecule has 96 valence electrons. The van der Waals surface area contributed by atoms with E-state index in [0.717, 1.165) is 31.5 Å². The average molecular weight is 257 g/mol. The Hall–Kier alpha value is -0.880. The third-order valence-corrected chi connectivity index (χ3v) is 5.17. The van der Waals surface area contributed by atoms with E-state index in [0.29, 0.717) is 13.0 Å². The Morgan fingerprint density at radius 1 is 1.35 bits per heavy atom. The second-order valence-corrected chi connectivity index (χ2v) is 6.53. The second kappa shape index (κ2) is 5.64. The van der Waals surface area contributed by atoms with E-state index in [4.69, 9.17) is 0 Å². The lowest BCUT2D eigenvalue weighted by Gasteiger charge is -2.21. The van der Waals surface area contributed by atoms with Crippen molar-refractivity contribution in [2.45, 2.75) is 43.8 Å². The highest BCUT2D eigenvalue weighted by Gasteiger charge is 2.26. The van der Waals surface area contributed by atoms with Gasteiger partial charge in [-0.15, -0.1) is 0 Å². The van der Waals surface area contributed by atoms with Crippen LogP contribution in [0.2, 0.25) is 0 Å². The highest BCUT2D eigenvalue weighted by Crippen LogP contribution is 2.22. The summed E-state index contributed by atoms with van der Waals surface area (Å²) in [4.78, 5) is 7.01. The Morgan fingerprint density at radius 2 is 2.12 bits per heavy atom. The number of sulfonamides is 1. The SMILES string of the molecule is O=S(=O)(NCCc1ncc[nH]1)C1CCCCC1. The zero-order chi connectivity index (χ0) is 12.1. The first-order valence-corrected chi connectivity index (χ1v) is 7.70. The number of aromatic amines is 1. The van der Waals surface area contributed by atoms with Gasteiger partial charge in [-0.2, -0.15) is 0 Å². The lowest BCUT2D eigenvalue weighted by Crippen LogP contribution is -2.36. The number of aromatic nitrogens is 2. The van der Waals surface area contributed by atoms with Gasteiger partial charge in [0, 0.05) is 25.4 Å². The first-order valence-electron chi connectivity index (χ1n) is 6.15. The normalized spacial score (nSPS) is 18.4. The maximum atomic E-state index is 12.0. The van der Waals surface area contributed by atoms with Gasteiger partial charge in [-0.3, -0.25) is 0 Å². The molecule has 1 saturated carbocycles. The molecule has 1 aromatic heterocycles. The molecule has 0 spiro atoms. The number of H-pyrrole nitrogens is 1. The molecule has 17 heavy (non-hydrogen) atoms. The molecule has 0 radical (unpaired) electrons. The van der Waals surface area contributed by atoms with Crippen LogP contribution in [0.25, 0.3) is 0 Å². The van der Waals surface area contributed by atoms with Gasteiger partial charge in [0.1, 0.15) is 5.82 Å². The lowest BCUT2D eigenvalue weighted by molar-refractivity contribution is 0.477. The summed E-state index contributed by atoms with van der Waals surface area (Å²) in [5, 5.41) is -0.187. The maximum absolute atomic E-state index is 12.0. The van der Waals surface area contributed by atoms with Gasteiger partial charge in [0.05, 0.1) is 5.25 Å². The predicted octanol–water partition coefficient (Wildman–Crippen LogP) is 1.20. The highest BCUT2D eigenvalue weighted by atomic mass is 32.2. The number of hydrogen-bond donors (Lipinski definition) is 2. The van der Waals surface area contributed by atoms with E-state index in [-0.39, 0.29) is 5.25 Å². The molecule has 0 aromatic carbocycles. The quantitative estimate of drug-likeness (QED) is 0.832. The van der Waals surface area contributed by atoms with E-state index in [1.54, 1.807) is 12.4 Å². The predicted molar refractivity (Wildman–Crippen MR) is 66.1 cm³/mol. The van der Waals surface area contributed by atoms with E-state index in [1.165, 1.54) is 6.42 Å². The molecule has 2 rings (SSSR count). The van der Waals surface area contributed by atoms with Gasteiger partial charge >= 0.3 is 0 Å². The van der Waals surface area contributed by atoms with Gasteiger partial charge < -0.3 is 4.98 Å². The monoisotopic (exact) mass is 257 g/mol. The molecular weight excluding hydrogens is 238 g/mol. The van der Waals surface area contributed by atoms with E-state index in [9.17, 15) is 8.42 Å². The Balaban J connectivity index is 1.80. The lowest BCUT2D eigenvalue weighted by atomic mass is 10.0. The van der Waals surface area contributed by atoms with Crippen LogP contribution in [0.3, 0.4) is 0 Å². The smallest absolute Gasteiger partial charge is 0.214 e. The van der Waals surface area contributed by atoms with Crippen molar-refractivity contribution in [1.82, 2.24) is 14.7 Å². The van der Waals surface area contributed by atoms with Crippen molar-refractivity contribution in [3.63, 3.8) is 0 Å². The highest BCUT2D eigenvalue weighted by molar-refractivity contribution is 7.90. The Morgan fingerprint density at radius 3 is 2.76 bits per heavy atom. The first kappa shape index (κ1) is 12.6. The van der Waals surface area contributed by atoms with Crippen LogP contribution in [0.15, 0.2) is 12.4 Å². The molecular formula is C11H19N3O2S. The molecule has 1 aliphatic carbocycles. The van der Waals surface area contributed by atoms with Gasteiger partial charge in [-0.05, 0) is 12.8 Å². The molecule has 0 atom stereocenters. The summed E-state index contributed by atoms with van der Waals surface area (Å²) in [6.45, 7) is 0.423. The van der Waals surface area contributed by atoms with Crippen molar-refractivity contribution < 1.29 is 8.42 Å². The summed E-state index contributed by atoms with van der Waals surface area (Å²) in [7, 11) is -3.13. The maximum Gasteiger partial charge on any atom is 0.214 e.